The van der Waals surface area contributed by atoms with Gasteiger partial charge in [-0.05, 0) is 55.3 Å². The zero-order valence-corrected chi connectivity index (χ0v) is 15.4. The normalized spacial score (nSPS) is 13.8. The van der Waals surface area contributed by atoms with Gasteiger partial charge in [-0.25, -0.2) is 0 Å². The smallest absolute Gasteiger partial charge is 0.226 e. The number of anilines is 3. The minimum Gasteiger partial charge on any atom is -0.383 e. The van der Waals surface area contributed by atoms with Crippen molar-refractivity contribution in [2.75, 3.05) is 35.2 Å². The molecule has 0 aromatic heterocycles. The first-order valence-electron chi connectivity index (χ1n) is 8.45. The van der Waals surface area contributed by atoms with Crippen LogP contribution in [0.15, 0.2) is 42.5 Å². The van der Waals surface area contributed by atoms with E-state index in [-0.39, 0.29) is 5.91 Å². The summed E-state index contributed by atoms with van der Waals surface area (Å²) in [5.41, 5.74) is 2.81. The zero-order valence-electron chi connectivity index (χ0n) is 13.9. The van der Waals surface area contributed by atoms with E-state index in [1.807, 2.05) is 12.1 Å². The van der Waals surface area contributed by atoms with Gasteiger partial charge in [0.2, 0.25) is 5.91 Å². The number of halogens is 2. The van der Waals surface area contributed by atoms with Crippen molar-refractivity contribution < 1.29 is 4.79 Å². The molecule has 1 aliphatic rings. The minimum atomic E-state index is -0.0356. The lowest BCUT2D eigenvalue weighted by Gasteiger charge is -2.17. The molecule has 132 valence electrons. The largest absolute Gasteiger partial charge is 0.383 e. The van der Waals surface area contributed by atoms with E-state index in [1.165, 1.54) is 18.5 Å². The Balaban J connectivity index is 1.45. The van der Waals surface area contributed by atoms with E-state index >= 15 is 0 Å². The third-order valence-electron chi connectivity index (χ3n) is 4.22. The summed E-state index contributed by atoms with van der Waals surface area (Å²) in [5, 5.41) is 7.20. The van der Waals surface area contributed by atoms with Crippen LogP contribution in [-0.2, 0) is 4.79 Å². The second-order valence-electron chi connectivity index (χ2n) is 6.09. The van der Waals surface area contributed by atoms with Crippen molar-refractivity contribution in [2.45, 2.75) is 19.3 Å². The van der Waals surface area contributed by atoms with Crippen molar-refractivity contribution in [1.29, 1.82) is 0 Å². The number of amides is 1. The van der Waals surface area contributed by atoms with Gasteiger partial charge in [0, 0.05) is 42.5 Å². The Labute approximate surface area is 158 Å². The standard InChI is InChI=1S/C19H21Cl2N3O/c20-14-3-8-18(17(21)13-14)22-10-9-19(25)23-15-4-6-16(7-5-15)24-11-1-2-12-24/h3-8,13,22H,1-2,9-12H2,(H,23,25). The number of nitrogens with one attached hydrogen (secondary N) is 2. The molecule has 1 fully saturated rings. The number of hydrogen-bond donors (Lipinski definition) is 2. The maximum absolute atomic E-state index is 12.1. The highest BCUT2D eigenvalue weighted by molar-refractivity contribution is 6.36. The summed E-state index contributed by atoms with van der Waals surface area (Å²) in [4.78, 5) is 14.4. The van der Waals surface area contributed by atoms with Gasteiger partial charge in [-0.3, -0.25) is 4.79 Å². The number of nitrogens with zero attached hydrogens (tertiary/aromatic N) is 1. The third kappa shape index (κ3) is 5.03. The lowest BCUT2D eigenvalue weighted by Crippen LogP contribution is -2.18. The molecule has 0 radical (unpaired) electrons. The molecule has 1 heterocycles. The fourth-order valence-corrected chi connectivity index (χ4v) is 3.37. The number of benzene rings is 2. The molecule has 2 aromatic carbocycles. The predicted octanol–water partition coefficient (Wildman–Crippen LogP) is 5.03. The van der Waals surface area contributed by atoms with E-state index in [2.05, 4.69) is 27.7 Å². The molecule has 0 spiro atoms. The van der Waals surface area contributed by atoms with Gasteiger partial charge in [-0.2, -0.15) is 0 Å². The summed E-state index contributed by atoms with van der Waals surface area (Å²) in [7, 11) is 0. The molecule has 0 saturated carbocycles. The predicted molar refractivity (Wildman–Crippen MR) is 106 cm³/mol. The molecule has 2 aromatic rings. The van der Waals surface area contributed by atoms with Crippen molar-refractivity contribution >= 4 is 46.2 Å². The van der Waals surface area contributed by atoms with Gasteiger partial charge >= 0.3 is 0 Å². The van der Waals surface area contributed by atoms with Crippen molar-refractivity contribution in [3.63, 3.8) is 0 Å². The Hall–Kier alpha value is -1.91. The quantitative estimate of drug-likeness (QED) is 0.741. The maximum atomic E-state index is 12.1. The lowest BCUT2D eigenvalue weighted by atomic mass is 10.2. The van der Waals surface area contributed by atoms with Gasteiger partial charge in [0.25, 0.3) is 0 Å². The van der Waals surface area contributed by atoms with Gasteiger partial charge < -0.3 is 15.5 Å². The van der Waals surface area contributed by atoms with Crippen LogP contribution in [-0.4, -0.2) is 25.5 Å². The summed E-state index contributed by atoms with van der Waals surface area (Å²) in [6, 6.07) is 13.3. The summed E-state index contributed by atoms with van der Waals surface area (Å²) in [5.74, 6) is -0.0356. The number of rotatable bonds is 6. The molecule has 2 N–H and O–H groups in total. The highest BCUT2D eigenvalue weighted by atomic mass is 35.5. The van der Waals surface area contributed by atoms with E-state index in [9.17, 15) is 4.79 Å². The number of carbonyl (C=O) groups is 1. The van der Waals surface area contributed by atoms with Gasteiger partial charge in [-0.1, -0.05) is 23.2 Å². The van der Waals surface area contributed by atoms with E-state index in [0.29, 0.717) is 23.0 Å². The van der Waals surface area contributed by atoms with Crippen molar-refractivity contribution in [3.05, 3.63) is 52.5 Å². The van der Waals surface area contributed by atoms with Gasteiger partial charge in [-0.15, -0.1) is 0 Å². The van der Waals surface area contributed by atoms with Crippen molar-refractivity contribution in [2.24, 2.45) is 0 Å². The molecule has 25 heavy (non-hydrogen) atoms. The first-order chi connectivity index (χ1) is 12.1. The first-order valence-corrected chi connectivity index (χ1v) is 9.21. The molecule has 0 bridgehead atoms. The van der Waals surface area contributed by atoms with Gasteiger partial charge in [0.15, 0.2) is 0 Å². The highest BCUT2D eigenvalue weighted by Crippen LogP contribution is 2.25. The monoisotopic (exact) mass is 377 g/mol. The molecule has 0 atom stereocenters. The Morgan fingerprint density at radius 1 is 1.04 bits per heavy atom. The Morgan fingerprint density at radius 2 is 1.76 bits per heavy atom. The molecule has 3 rings (SSSR count). The Bertz CT molecular complexity index is 728. The molecule has 1 saturated heterocycles. The molecule has 0 unspecified atom stereocenters. The van der Waals surface area contributed by atoms with Crippen LogP contribution >= 0.6 is 23.2 Å². The van der Waals surface area contributed by atoms with E-state index < -0.39 is 0 Å². The lowest BCUT2D eigenvalue weighted by molar-refractivity contribution is -0.115. The molecular weight excluding hydrogens is 357 g/mol. The topological polar surface area (TPSA) is 44.4 Å². The highest BCUT2D eigenvalue weighted by Gasteiger charge is 2.12. The molecule has 1 aliphatic heterocycles. The van der Waals surface area contributed by atoms with Crippen LogP contribution in [0.3, 0.4) is 0 Å². The third-order valence-corrected chi connectivity index (χ3v) is 4.77. The molecule has 6 heteroatoms. The van der Waals surface area contributed by atoms with E-state index in [0.717, 1.165) is 24.5 Å². The average molecular weight is 378 g/mol. The van der Waals surface area contributed by atoms with Crippen LogP contribution in [0.25, 0.3) is 0 Å². The molecular formula is C19H21Cl2N3O. The summed E-state index contributed by atoms with van der Waals surface area (Å²) < 4.78 is 0. The van der Waals surface area contributed by atoms with Crippen LogP contribution < -0.4 is 15.5 Å². The molecule has 4 nitrogen and oxygen atoms in total. The second kappa shape index (κ2) is 8.45. The van der Waals surface area contributed by atoms with Gasteiger partial charge in [0.1, 0.15) is 0 Å². The average Bonchev–Trinajstić information content (AvgIpc) is 3.12. The summed E-state index contributed by atoms with van der Waals surface area (Å²) >= 11 is 12.0. The van der Waals surface area contributed by atoms with E-state index in [1.54, 1.807) is 18.2 Å². The van der Waals surface area contributed by atoms with E-state index in [4.69, 9.17) is 23.2 Å². The van der Waals surface area contributed by atoms with Crippen LogP contribution in [0.4, 0.5) is 17.1 Å². The number of carbonyl (C=O) groups excluding carboxylic acids is 1. The fourth-order valence-electron chi connectivity index (χ4n) is 2.90. The van der Waals surface area contributed by atoms with Crippen molar-refractivity contribution in [3.8, 4) is 0 Å². The Morgan fingerprint density at radius 3 is 2.44 bits per heavy atom. The fraction of sp³-hybridized carbons (Fsp3) is 0.316. The second-order valence-corrected chi connectivity index (χ2v) is 6.93. The van der Waals surface area contributed by atoms with Crippen LogP contribution in [0.1, 0.15) is 19.3 Å². The molecule has 1 amide bonds. The van der Waals surface area contributed by atoms with Gasteiger partial charge in [0.05, 0.1) is 10.7 Å². The van der Waals surface area contributed by atoms with Crippen LogP contribution in [0, 0.1) is 0 Å². The molecule has 0 aliphatic carbocycles. The minimum absolute atomic E-state index is 0.0356. The number of hydrogen-bond acceptors (Lipinski definition) is 3. The maximum Gasteiger partial charge on any atom is 0.226 e. The SMILES string of the molecule is O=C(CCNc1ccc(Cl)cc1Cl)Nc1ccc(N2CCCC2)cc1. The summed E-state index contributed by atoms with van der Waals surface area (Å²) in [6.45, 7) is 2.73. The van der Waals surface area contributed by atoms with Crippen LogP contribution in [0.5, 0.6) is 0 Å². The van der Waals surface area contributed by atoms with Crippen LogP contribution in [0.2, 0.25) is 10.0 Å². The summed E-state index contributed by atoms with van der Waals surface area (Å²) in [6.07, 6.45) is 2.86. The Kier molecular flexibility index (Phi) is 6.05. The van der Waals surface area contributed by atoms with Crippen molar-refractivity contribution in [1.82, 2.24) is 0 Å². The first kappa shape index (κ1) is 17.9. The zero-order chi connectivity index (χ0) is 17.6.